The Morgan fingerprint density at radius 3 is 2.60 bits per heavy atom. The molecule has 0 aliphatic carbocycles. The molecule has 1 amide bonds. The third-order valence-electron chi connectivity index (χ3n) is 3.86. The fraction of sp³-hybridized carbons (Fsp3) is 0.421. The Labute approximate surface area is 152 Å². The Kier molecular flexibility index (Phi) is 8.04. The van der Waals surface area contributed by atoms with Gasteiger partial charge in [-0.25, -0.2) is 4.39 Å². The van der Waals surface area contributed by atoms with Crippen LogP contribution in [0.15, 0.2) is 36.4 Å². The van der Waals surface area contributed by atoms with Gasteiger partial charge in [-0.2, -0.15) is 0 Å². The maximum Gasteiger partial charge on any atom is 0.278 e. The van der Waals surface area contributed by atoms with Gasteiger partial charge < -0.3 is 15.0 Å². The van der Waals surface area contributed by atoms with E-state index in [1.54, 1.807) is 30.6 Å². The van der Waals surface area contributed by atoms with Crippen molar-refractivity contribution in [3.05, 3.63) is 57.5 Å². The van der Waals surface area contributed by atoms with Crippen molar-refractivity contribution >= 4 is 17.2 Å². The number of carbonyl (C=O) groups excluding carboxylic acids is 1. The molecule has 1 aromatic carbocycles. The maximum absolute atomic E-state index is 13.1. The van der Waals surface area contributed by atoms with E-state index < -0.39 is 0 Å². The van der Waals surface area contributed by atoms with E-state index in [9.17, 15) is 9.18 Å². The lowest BCUT2D eigenvalue weighted by molar-refractivity contribution is -0.645. The van der Waals surface area contributed by atoms with Crippen LogP contribution >= 0.6 is 11.3 Å². The molecule has 0 aliphatic heterocycles. The van der Waals surface area contributed by atoms with Gasteiger partial charge in [0.15, 0.2) is 6.54 Å². The highest BCUT2D eigenvalue weighted by Crippen LogP contribution is 2.18. The Morgan fingerprint density at radius 2 is 1.96 bits per heavy atom. The van der Waals surface area contributed by atoms with E-state index in [1.807, 2.05) is 10.2 Å². The average Bonchev–Trinajstić information content (AvgIpc) is 3.01. The molecule has 2 aromatic rings. The van der Waals surface area contributed by atoms with Crippen LogP contribution in [0.5, 0.6) is 0 Å². The van der Waals surface area contributed by atoms with Crippen molar-refractivity contribution in [1.29, 1.82) is 0 Å². The second-order valence-corrected chi connectivity index (χ2v) is 7.39. The monoisotopic (exact) mass is 365 g/mol. The highest BCUT2D eigenvalue weighted by molar-refractivity contribution is 7.11. The van der Waals surface area contributed by atoms with Gasteiger partial charge in [-0.3, -0.25) is 4.79 Å². The summed E-state index contributed by atoms with van der Waals surface area (Å²) in [6.45, 7) is 5.11. The Morgan fingerprint density at radius 1 is 1.20 bits per heavy atom. The summed E-state index contributed by atoms with van der Waals surface area (Å²) in [6, 6.07) is 10.5. The average molecular weight is 365 g/mol. The molecular weight excluding hydrogens is 339 g/mol. The topological polar surface area (TPSA) is 46.1 Å². The number of aryl methyl sites for hydroxylation is 1. The quantitative estimate of drug-likeness (QED) is 0.657. The van der Waals surface area contributed by atoms with Crippen LogP contribution in [-0.2, 0) is 22.6 Å². The molecular formula is C19H26FN2O2S+. The number of hydrogen-bond donors (Lipinski definition) is 1. The first-order valence-electron chi connectivity index (χ1n) is 8.46. The zero-order chi connectivity index (χ0) is 18.1. The van der Waals surface area contributed by atoms with Gasteiger partial charge in [0.2, 0.25) is 0 Å². The molecule has 0 atom stereocenters. The van der Waals surface area contributed by atoms with Gasteiger partial charge in [-0.05, 0) is 36.8 Å². The predicted molar refractivity (Wildman–Crippen MR) is 97.9 cm³/mol. The summed E-state index contributed by atoms with van der Waals surface area (Å²) < 4.78 is 18.1. The molecule has 1 aromatic heterocycles. The van der Waals surface area contributed by atoms with Crippen LogP contribution in [0, 0.1) is 12.7 Å². The first-order chi connectivity index (χ1) is 12.1. The summed E-state index contributed by atoms with van der Waals surface area (Å²) in [7, 11) is 1.68. The molecule has 0 saturated carbocycles. The van der Waals surface area contributed by atoms with Gasteiger partial charge in [-0.1, -0.05) is 12.1 Å². The van der Waals surface area contributed by atoms with E-state index in [-0.39, 0.29) is 11.7 Å². The third-order valence-corrected chi connectivity index (χ3v) is 4.84. The van der Waals surface area contributed by atoms with Crippen LogP contribution < -0.4 is 5.32 Å². The SMILES string of the molecule is COCCC[NH2+]CC(=O)N(Cc1ccc(F)cc1)Cc1ccc(C)s1. The number of carbonyl (C=O) groups is 1. The van der Waals surface area contributed by atoms with Gasteiger partial charge in [0.25, 0.3) is 5.91 Å². The summed E-state index contributed by atoms with van der Waals surface area (Å²) in [5.74, 6) is -0.172. The molecule has 0 spiro atoms. The van der Waals surface area contributed by atoms with E-state index >= 15 is 0 Å². The first-order valence-corrected chi connectivity index (χ1v) is 9.28. The minimum Gasteiger partial charge on any atom is -0.384 e. The molecule has 0 unspecified atom stereocenters. The molecule has 0 bridgehead atoms. The zero-order valence-corrected chi connectivity index (χ0v) is 15.7. The van der Waals surface area contributed by atoms with E-state index in [0.29, 0.717) is 26.2 Å². The Hall–Kier alpha value is -1.76. The molecule has 0 fully saturated rings. The first kappa shape index (κ1) is 19.6. The fourth-order valence-corrected chi connectivity index (χ4v) is 3.43. The maximum atomic E-state index is 13.1. The molecule has 6 heteroatoms. The van der Waals surface area contributed by atoms with Crippen molar-refractivity contribution in [3.8, 4) is 0 Å². The van der Waals surface area contributed by atoms with Crippen molar-refractivity contribution in [2.75, 3.05) is 26.8 Å². The highest BCUT2D eigenvalue weighted by Gasteiger charge is 2.17. The van der Waals surface area contributed by atoms with E-state index in [4.69, 9.17) is 4.74 Å². The predicted octanol–water partition coefficient (Wildman–Crippen LogP) is 2.32. The summed E-state index contributed by atoms with van der Waals surface area (Å²) in [5.41, 5.74) is 0.933. The Balaban J connectivity index is 1.97. The Bertz CT molecular complexity index is 658. The van der Waals surface area contributed by atoms with Crippen LogP contribution in [0.25, 0.3) is 0 Å². The standard InChI is InChI=1S/C19H25FN2O2S/c1-15-4-9-18(25-15)14-22(13-16-5-7-17(20)8-6-16)19(23)12-21-10-3-11-24-2/h4-9,21H,3,10-14H2,1-2H3/p+1. The van der Waals surface area contributed by atoms with Gasteiger partial charge in [-0.15, -0.1) is 11.3 Å². The van der Waals surface area contributed by atoms with Crippen LogP contribution in [0.2, 0.25) is 0 Å². The summed E-state index contributed by atoms with van der Waals surface area (Å²) >= 11 is 1.70. The van der Waals surface area contributed by atoms with Gasteiger partial charge in [0, 0.05) is 29.8 Å². The summed E-state index contributed by atoms with van der Waals surface area (Å²) in [4.78, 5) is 16.9. The number of nitrogens with two attached hydrogens (primary N) is 1. The lowest BCUT2D eigenvalue weighted by Crippen LogP contribution is -2.86. The number of nitrogens with zero attached hydrogens (tertiary/aromatic N) is 1. The van der Waals surface area contributed by atoms with E-state index in [0.717, 1.165) is 23.4 Å². The molecule has 1 heterocycles. The van der Waals surface area contributed by atoms with Crippen LogP contribution in [-0.4, -0.2) is 37.6 Å². The summed E-state index contributed by atoms with van der Waals surface area (Å²) in [6.07, 6.45) is 0.922. The number of rotatable bonds is 10. The molecule has 2 rings (SSSR count). The van der Waals surface area contributed by atoms with Crippen molar-refractivity contribution < 1.29 is 19.2 Å². The second kappa shape index (κ2) is 10.3. The molecule has 4 nitrogen and oxygen atoms in total. The van der Waals surface area contributed by atoms with Crippen molar-refractivity contribution in [3.63, 3.8) is 0 Å². The highest BCUT2D eigenvalue weighted by atomic mass is 32.1. The van der Waals surface area contributed by atoms with Crippen LogP contribution in [0.4, 0.5) is 4.39 Å². The number of methoxy groups -OCH3 is 1. The van der Waals surface area contributed by atoms with Crippen LogP contribution in [0.3, 0.4) is 0 Å². The number of benzene rings is 1. The largest absolute Gasteiger partial charge is 0.384 e. The lowest BCUT2D eigenvalue weighted by Gasteiger charge is -2.21. The summed E-state index contributed by atoms with van der Waals surface area (Å²) in [5, 5.41) is 2.01. The molecule has 0 aliphatic rings. The van der Waals surface area contributed by atoms with Crippen molar-refractivity contribution in [2.45, 2.75) is 26.4 Å². The van der Waals surface area contributed by atoms with E-state index in [2.05, 4.69) is 19.1 Å². The number of amides is 1. The molecule has 0 saturated heterocycles. The molecule has 25 heavy (non-hydrogen) atoms. The van der Waals surface area contributed by atoms with Gasteiger partial charge >= 0.3 is 0 Å². The van der Waals surface area contributed by atoms with Crippen molar-refractivity contribution in [1.82, 2.24) is 4.90 Å². The number of hydrogen-bond acceptors (Lipinski definition) is 3. The normalized spacial score (nSPS) is 10.8. The number of halogens is 1. The number of ether oxygens (including phenoxy) is 1. The van der Waals surface area contributed by atoms with E-state index in [1.165, 1.54) is 17.0 Å². The van der Waals surface area contributed by atoms with Gasteiger partial charge in [0.1, 0.15) is 5.82 Å². The second-order valence-electron chi connectivity index (χ2n) is 6.02. The molecule has 136 valence electrons. The molecule has 0 radical (unpaired) electrons. The number of thiophene rings is 1. The fourth-order valence-electron chi connectivity index (χ4n) is 2.53. The van der Waals surface area contributed by atoms with Crippen LogP contribution in [0.1, 0.15) is 21.7 Å². The minimum absolute atomic E-state index is 0.0906. The third kappa shape index (κ3) is 6.94. The minimum atomic E-state index is -0.262. The lowest BCUT2D eigenvalue weighted by atomic mass is 10.2. The number of quaternary nitrogens is 1. The smallest absolute Gasteiger partial charge is 0.278 e. The van der Waals surface area contributed by atoms with Crippen molar-refractivity contribution in [2.24, 2.45) is 0 Å². The van der Waals surface area contributed by atoms with Gasteiger partial charge in [0.05, 0.1) is 19.7 Å². The molecule has 2 N–H and O–H groups in total. The zero-order valence-electron chi connectivity index (χ0n) is 14.8.